The molecule has 0 saturated carbocycles. The predicted octanol–water partition coefficient (Wildman–Crippen LogP) is 5.54. The topological polar surface area (TPSA) is 44.0 Å². The summed E-state index contributed by atoms with van der Waals surface area (Å²) in [5.41, 5.74) is 4.03. The van der Waals surface area contributed by atoms with Crippen LogP contribution in [-0.2, 0) is 0 Å². The van der Waals surface area contributed by atoms with Crippen LogP contribution in [0.4, 0.5) is 0 Å². The molecule has 0 fully saturated rings. The molecule has 1 unspecified atom stereocenters. The highest BCUT2D eigenvalue weighted by Crippen LogP contribution is 2.33. The average molecular weight is 328 g/mol. The Hall–Kier alpha value is -1.82. The van der Waals surface area contributed by atoms with Crippen molar-refractivity contribution >= 4 is 11.6 Å². The Balaban J connectivity index is 2.41. The van der Waals surface area contributed by atoms with Crippen molar-refractivity contribution in [3.05, 3.63) is 69.2 Å². The highest BCUT2D eigenvalue weighted by atomic mass is 35.5. The van der Waals surface area contributed by atoms with Crippen LogP contribution in [0.2, 0.25) is 5.02 Å². The zero-order valence-electron chi connectivity index (χ0n) is 14.0. The quantitative estimate of drug-likeness (QED) is 0.801. The summed E-state index contributed by atoms with van der Waals surface area (Å²) in [6.45, 7) is 8.27. The number of hydrogen-bond donors (Lipinski definition) is 1. The summed E-state index contributed by atoms with van der Waals surface area (Å²) >= 11 is 6.34. The first-order chi connectivity index (χ1) is 10.8. The second kappa shape index (κ2) is 7.17. The molecule has 2 aromatic rings. The van der Waals surface area contributed by atoms with Crippen LogP contribution in [0.1, 0.15) is 73.5 Å². The molecule has 1 N–H and O–H groups in total. The zero-order valence-corrected chi connectivity index (χ0v) is 14.7. The lowest BCUT2D eigenvalue weighted by Gasteiger charge is -2.17. The molecular formula is C20H22ClNO. The number of aliphatic hydroxyl groups excluding tert-OH is 1. The Morgan fingerprint density at radius 3 is 1.96 bits per heavy atom. The van der Waals surface area contributed by atoms with Crippen molar-refractivity contribution in [2.24, 2.45) is 0 Å². The molecule has 3 heteroatoms. The van der Waals surface area contributed by atoms with Crippen LogP contribution in [0, 0.1) is 11.3 Å². The molecular weight excluding hydrogens is 306 g/mol. The van der Waals surface area contributed by atoms with Gasteiger partial charge in [0.1, 0.15) is 6.10 Å². The third-order valence-electron chi connectivity index (χ3n) is 4.08. The van der Waals surface area contributed by atoms with E-state index in [0.29, 0.717) is 22.1 Å². The molecule has 0 bridgehead atoms. The molecule has 0 heterocycles. The fraction of sp³-hybridized carbons (Fsp3) is 0.350. The Kier molecular flexibility index (Phi) is 5.46. The molecule has 0 spiro atoms. The van der Waals surface area contributed by atoms with Crippen molar-refractivity contribution < 1.29 is 5.11 Å². The van der Waals surface area contributed by atoms with Gasteiger partial charge in [0.25, 0.3) is 0 Å². The highest BCUT2D eigenvalue weighted by Gasteiger charge is 2.17. The minimum absolute atomic E-state index is 0.161. The van der Waals surface area contributed by atoms with Crippen molar-refractivity contribution in [1.29, 1.82) is 5.26 Å². The van der Waals surface area contributed by atoms with E-state index in [9.17, 15) is 10.4 Å². The van der Waals surface area contributed by atoms with Crippen LogP contribution in [0.3, 0.4) is 0 Å². The van der Waals surface area contributed by atoms with E-state index in [-0.39, 0.29) is 5.92 Å². The third kappa shape index (κ3) is 3.75. The molecule has 2 nitrogen and oxygen atoms in total. The van der Waals surface area contributed by atoms with Crippen molar-refractivity contribution in [3.8, 4) is 6.07 Å². The molecule has 23 heavy (non-hydrogen) atoms. The summed E-state index contributed by atoms with van der Waals surface area (Å²) in [6.07, 6.45) is -0.790. The minimum Gasteiger partial charge on any atom is -0.384 e. The van der Waals surface area contributed by atoms with E-state index in [0.717, 1.165) is 11.1 Å². The van der Waals surface area contributed by atoms with Crippen molar-refractivity contribution in [2.45, 2.75) is 45.6 Å². The molecule has 0 aliphatic rings. The highest BCUT2D eigenvalue weighted by molar-refractivity contribution is 6.31. The Bertz CT molecular complexity index is 727. The van der Waals surface area contributed by atoms with Crippen molar-refractivity contribution in [1.82, 2.24) is 0 Å². The number of nitriles is 1. The number of aliphatic hydroxyl groups is 1. The number of nitrogens with zero attached hydrogens (tertiary/aromatic N) is 1. The summed E-state index contributed by atoms with van der Waals surface area (Å²) in [4.78, 5) is 0. The lowest BCUT2D eigenvalue weighted by molar-refractivity contribution is 0.220. The molecule has 0 aliphatic heterocycles. The second-order valence-electron chi connectivity index (χ2n) is 6.45. The van der Waals surface area contributed by atoms with Gasteiger partial charge in [-0.05, 0) is 46.2 Å². The summed E-state index contributed by atoms with van der Waals surface area (Å²) in [5.74, 6) is 0.611. The first kappa shape index (κ1) is 17.5. The van der Waals surface area contributed by atoms with E-state index in [1.165, 1.54) is 5.56 Å². The van der Waals surface area contributed by atoms with Crippen LogP contribution in [0.25, 0.3) is 0 Å². The van der Waals surface area contributed by atoms with Crippen LogP contribution >= 0.6 is 11.6 Å². The molecule has 120 valence electrons. The molecule has 0 amide bonds. The number of hydrogen-bond acceptors (Lipinski definition) is 2. The second-order valence-corrected chi connectivity index (χ2v) is 6.86. The minimum atomic E-state index is -0.790. The van der Waals surface area contributed by atoms with Crippen molar-refractivity contribution in [3.63, 3.8) is 0 Å². The van der Waals surface area contributed by atoms with Crippen molar-refractivity contribution in [2.75, 3.05) is 0 Å². The smallest absolute Gasteiger partial charge is 0.104 e. The molecule has 1 atom stereocenters. The first-order valence-electron chi connectivity index (χ1n) is 7.86. The van der Waals surface area contributed by atoms with E-state index in [4.69, 9.17) is 11.6 Å². The monoisotopic (exact) mass is 327 g/mol. The Labute approximate surface area is 143 Å². The maximum atomic E-state index is 10.6. The summed E-state index contributed by atoms with van der Waals surface area (Å²) in [7, 11) is 0. The lowest BCUT2D eigenvalue weighted by Crippen LogP contribution is -2.03. The van der Waals surface area contributed by atoms with E-state index < -0.39 is 6.10 Å². The van der Waals surface area contributed by atoms with Crippen LogP contribution in [0.5, 0.6) is 0 Å². The SMILES string of the molecule is CC(C)c1ccc(C(O)c2cc(Cl)c(C(C)C)c(C#N)c2)cc1. The molecule has 0 aromatic heterocycles. The Morgan fingerprint density at radius 1 is 0.913 bits per heavy atom. The predicted molar refractivity (Wildman–Crippen MR) is 94.8 cm³/mol. The van der Waals surface area contributed by atoms with Gasteiger partial charge in [0.2, 0.25) is 0 Å². The lowest BCUT2D eigenvalue weighted by atomic mass is 9.92. The van der Waals surface area contributed by atoms with Gasteiger partial charge < -0.3 is 5.11 Å². The molecule has 0 aliphatic carbocycles. The number of benzene rings is 2. The third-order valence-corrected chi connectivity index (χ3v) is 4.40. The summed E-state index contributed by atoms with van der Waals surface area (Å²) < 4.78 is 0. The van der Waals surface area contributed by atoms with Gasteiger partial charge in [0.15, 0.2) is 0 Å². The summed E-state index contributed by atoms with van der Waals surface area (Å²) in [6, 6.07) is 13.6. The van der Waals surface area contributed by atoms with E-state index in [2.05, 4.69) is 19.9 Å². The molecule has 0 radical (unpaired) electrons. The number of rotatable bonds is 4. The van der Waals surface area contributed by atoms with Gasteiger partial charge in [-0.25, -0.2) is 0 Å². The van der Waals surface area contributed by atoms with Gasteiger partial charge in [-0.1, -0.05) is 63.6 Å². The maximum Gasteiger partial charge on any atom is 0.104 e. The van der Waals surface area contributed by atoms with Gasteiger partial charge in [-0.2, -0.15) is 5.26 Å². The van der Waals surface area contributed by atoms with E-state index >= 15 is 0 Å². The van der Waals surface area contributed by atoms with Gasteiger partial charge in [0.05, 0.1) is 11.6 Å². The Morgan fingerprint density at radius 2 is 1.48 bits per heavy atom. The normalized spacial score (nSPS) is 12.5. The fourth-order valence-corrected chi connectivity index (χ4v) is 3.18. The molecule has 2 aromatic carbocycles. The van der Waals surface area contributed by atoms with E-state index in [1.54, 1.807) is 12.1 Å². The largest absolute Gasteiger partial charge is 0.384 e. The van der Waals surface area contributed by atoms with Gasteiger partial charge in [-0.3, -0.25) is 0 Å². The average Bonchev–Trinajstić information content (AvgIpc) is 2.52. The van der Waals surface area contributed by atoms with Gasteiger partial charge in [0, 0.05) is 5.02 Å². The molecule has 2 rings (SSSR count). The van der Waals surface area contributed by atoms with Gasteiger partial charge >= 0.3 is 0 Å². The zero-order chi connectivity index (χ0) is 17.1. The fourth-order valence-electron chi connectivity index (χ4n) is 2.73. The number of halogens is 1. The van der Waals surface area contributed by atoms with Crippen LogP contribution in [0.15, 0.2) is 36.4 Å². The van der Waals surface area contributed by atoms with Gasteiger partial charge in [-0.15, -0.1) is 0 Å². The maximum absolute atomic E-state index is 10.6. The standard InChI is InChI=1S/C20H22ClNO/c1-12(2)14-5-7-15(8-6-14)20(23)16-9-17(11-22)19(13(3)4)18(21)10-16/h5-10,12-13,20,23H,1-4H3. The summed E-state index contributed by atoms with van der Waals surface area (Å²) in [5, 5.41) is 20.5. The molecule has 0 saturated heterocycles. The van der Waals surface area contributed by atoms with E-state index in [1.807, 2.05) is 38.1 Å². The first-order valence-corrected chi connectivity index (χ1v) is 8.24. The van der Waals surface area contributed by atoms with Crippen LogP contribution in [-0.4, -0.2) is 5.11 Å². The van der Waals surface area contributed by atoms with Crippen LogP contribution < -0.4 is 0 Å².